The van der Waals surface area contributed by atoms with E-state index in [-0.39, 0.29) is 18.3 Å². The predicted molar refractivity (Wildman–Crippen MR) is 58.0 cm³/mol. The first-order chi connectivity index (χ1) is 7.71. The van der Waals surface area contributed by atoms with E-state index >= 15 is 0 Å². The van der Waals surface area contributed by atoms with Crippen LogP contribution in [0.5, 0.6) is 0 Å². The zero-order chi connectivity index (χ0) is 12.0. The standard InChI is InChI=1S/C11H18N2O3/c1-4-8(14)7-10-12-11(13-16-10)9(5-2)15-6-3/h9H,4-7H2,1-3H3. The van der Waals surface area contributed by atoms with Crippen molar-refractivity contribution in [1.29, 1.82) is 0 Å². The summed E-state index contributed by atoms with van der Waals surface area (Å²) < 4.78 is 10.5. The molecular weight excluding hydrogens is 208 g/mol. The average Bonchev–Trinajstić information content (AvgIpc) is 2.74. The third kappa shape index (κ3) is 3.41. The molecule has 1 heterocycles. The Kier molecular flexibility index (Phi) is 5.11. The lowest BCUT2D eigenvalue weighted by molar-refractivity contribution is -0.118. The summed E-state index contributed by atoms with van der Waals surface area (Å²) in [6, 6.07) is 0. The third-order valence-electron chi connectivity index (χ3n) is 2.25. The molecule has 0 N–H and O–H groups in total. The van der Waals surface area contributed by atoms with Crippen LogP contribution >= 0.6 is 0 Å². The maximum Gasteiger partial charge on any atom is 0.234 e. The Balaban J connectivity index is 2.65. The van der Waals surface area contributed by atoms with Gasteiger partial charge in [0.05, 0.1) is 6.42 Å². The fourth-order valence-electron chi connectivity index (χ4n) is 1.34. The molecule has 0 saturated carbocycles. The summed E-state index contributed by atoms with van der Waals surface area (Å²) in [4.78, 5) is 15.4. The van der Waals surface area contributed by atoms with Crippen molar-refractivity contribution in [3.05, 3.63) is 11.7 Å². The number of Topliss-reactive ketones (excluding diaryl/α,β-unsaturated/α-hetero) is 1. The molecule has 0 spiro atoms. The van der Waals surface area contributed by atoms with E-state index < -0.39 is 0 Å². The number of carbonyl (C=O) groups excluding carboxylic acids is 1. The Hall–Kier alpha value is -1.23. The molecule has 0 aliphatic rings. The summed E-state index contributed by atoms with van der Waals surface area (Å²) in [6.07, 6.45) is 1.35. The van der Waals surface area contributed by atoms with Crippen LogP contribution in [0.4, 0.5) is 0 Å². The van der Waals surface area contributed by atoms with Crippen LogP contribution in [0, 0.1) is 0 Å². The van der Waals surface area contributed by atoms with Crippen LogP contribution in [-0.2, 0) is 16.0 Å². The van der Waals surface area contributed by atoms with Crippen LogP contribution < -0.4 is 0 Å². The summed E-state index contributed by atoms with van der Waals surface area (Å²) >= 11 is 0. The average molecular weight is 226 g/mol. The van der Waals surface area contributed by atoms with Crippen molar-refractivity contribution in [1.82, 2.24) is 10.1 Å². The van der Waals surface area contributed by atoms with Crippen LogP contribution in [-0.4, -0.2) is 22.5 Å². The lowest BCUT2D eigenvalue weighted by Crippen LogP contribution is -2.06. The molecule has 0 amide bonds. The molecule has 5 nitrogen and oxygen atoms in total. The second-order valence-corrected chi connectivity index (χ2v) is 3.47. The maximum atomic E-state index is 11.2. The quantitative estimate of drug-likeness (QED) is 0.712. The monoisotopic (exact) mass is 226 g/mol. The van der Waals surface area contributed by atoms with E-state index in [2.05, 4.69) is 10.1 Å². The first kappa shape index (κ1) is 12.8. The molecule has 0 aromatic carbocycles. The van der Waals surface area contributed by atoms with Crippen molar-refractivity contribution in [2.45, 2.75) is 46.1 Å². The summed E-state index contributed by atoms with van der Waals surface area (Å²) in [5, 5.41) is 3.83. The minimum absolute atomic E-state index is 0.0969. The van der Waals surface area contributed by atoms with E-state index in [1.165, 1.54) is 0 Å². The van der Waals surface area contributed by atoms with E-state index in [1.54, 1.807) is 0 Å². The fraction of sp³-hybridized carbons (Fsp3) is 0.727. The minimum Gasteiger partial charge on any atom is -0.370 e. The van der Waals surface area contributed by atoms with Crippen LogP contribution in [0.1, 0.15) is 51.4 Å². The topological polar surface area (TPSA) is 65.2 Å². The highest BCUT2D eigenvalue weighted by Crippen LogP contribution is 2.17. The van der Waals surface area contributed by atoms with Gasteiger partial charge in [0.2, 0.25) is 11.7 Å². The van der Waals surface area contributed by atoms with Gasteiger partial charge in [-0.3, -0.25) is 4.79 Å². The van der Waals surface area contributed by atoms with Gasteiger partial charge in [0.25, 0.3) is 0 Å². The van der Waals surface area contributed by atoms with E-state index in [0.29, 0.717) is 24.7 Å². The van der Waals surface area contributed by atoms with Crippen molar-refractivity contribution in [2.75, 3.05) is 6.61 Å². The first-order valence-corrected chi connectivity index (χ1v) is 5.66. The molecule has 5 heteroatoms. The number of hydrogen-bond acceptors (Lipinski definition) is 5. The van der Waals surface area contributed by atoms with Crippen LogP contribution in [0.2, 0.25) is 0 Å². The Bertz CT molecular complexity index is 336. The number of ketones is 1. The van der Waals surface area contributed by atoms with Gasteiger partial charge < -0.3 is 9.26 Å². The summed E-state index contributed by atoms with van der Waals surface area (Å²) in [6.45, 7) is 6.34. The number of carbonyl (C=O) groups is 1. The molecule has 0 aliphatic heterocycles. The smallest absolute Gasteiger partial charge is 0.234 e. The van der Waals surface area contributed by atoms with Gasteiger partial charge >= 0.3 is 0 Å². The largest absolute Gasteiger partial charge is 0.370 e. The molecular formula is C11H18N2O3. The molecule has 1 rings (SSSR count). The van der Waals surface area contributed by atoms with Gasteiger partial charge in [-0.25, -0.2) is 0 Å². The van der Waals surface area contributed by atoms with Crippen LogP contribution in [0.25, 0.3) is 0 Å². The van der Waals surface area contributed by atoms with Crippen LogP contribution in [0.15, 0.2) is 4.52 Å². The molecule has 90 valence electrons. The van der Waals surface area contributed by atoms with Crippen molar-refractivity contribution in [3.8, 4) is 0 Å². The minimum atomic E-state index is -0.140. The molecule has 0 bridgehead atoms. The third-order valence-corrected chi connectivity index (χ3v) is 2.25. The van der Waals surface area contributed by atoms with E-state index in [0.717, 1.165) is 6.42 Å². The Morgan fingerprint density at radius 2 is 2.19 bits per heavy atom. The second-order valence-electron chi connectivity index (χ2n) is 3.47. The Morgan fingerprint density at radius 1 is 1.44 bits per heavy atom. The molecule has 0 saturated heterocycles. The maximum absolute atomic E-state index is 11.2. The Morgan fingerprint density at radius 3 is 2.75 bits per heavy atom. The summed E-state index contributed by atoms with van der Waals surface area (Å²) in [5.41, 5.74) is 0. The van der Waals surface area contributed by atoms with Crippen molar-refractivity contribution in [3.63, 3.8) is 0 Å². The zero-order valence-corrected chi connectivity index (χ0v) is 10.0. The van der Waals surface area contributed by atoms with Crippen molar-refractivity contribution >= 4 is 5.78 Å². The molecule has 1 unspecified atom stereocenters. The van der Waals surface area contributed by atoms with Crippen molar-refractivity contribution in [2.24, 2.45) is 0 Å². The van der Waals surface area contributed by atoms with Crippen LogP contribution in [0.3, 0.4) is 0 Å². The van der Waals surface area contributed by atoms with Gasteiger partial charge in [-0.1, -0.05) is 19.0 Å². The normalized spacial score (nSPS) is 12.7. The molecule has 1 aromatic rings. The second kappa shape index (κ2) is 6.37. The zero-order valence-electron chi connectivity index (χ0n) is 10.0. The summed E-state index contributed by atoms with van der Waals surface area (Å²) in [7, 11) is 0. The van der Waals surface area contributed by atoms with E-state index in [1.807, 2.05) is 20.8 Å². The lowest BCUT2D eigenvalue weighted by atomic mass is 10.2. The number of ether oxygens (including phenoxy) is 1. The number of hydrogen-bond donors (Lipinski definition) is 0. The molecule has 16 heavy (non-hydrogen) atoms. The highest BCUT2D eigenvalue weighted by molar-refractivity contribution is 5.79. The fourth-order valence-corrected chi connectivity index (χ4v) is 1.34. The van der Waals surface area contributed by atoms with Gasteiger partial charge in [0, 0.05) is 13.0 Å². The number of nitrogens with zero attached hydrogens (tertiary/aromatic N) is 2. The molecule has 1 aromatic heterocycles. The van der Waals surface area contributed by atoms with Crippen molar-refractivity contribution < 1.29 is 14.1 Å². The van der Waals surface area contributed by atoms with E-state index in [4.69, 9.17) is 9.26 Å². The summed E-state index contributed by atoms with van der Waals surface area (Å²) in [5.74, 6) is 1.00. The molecule has 0 fully saturated rings. The van der Waals surface area contributed by atoms with Gasteiger partial charge in [-0.05, 0) is 13.3 Å². The van der Waals surface area contributed by atoms with E-state index in [9.17, 15) is 4.79 Å². The van der Waals surface area contributed by atoms with Gasteiger partial charge in [-0.15, -0.1) is 0 Å². The van der Waals surface area contributed by atoms with Gasteiger partial charge in [-0.2, -0.15) is 4.98 Å². The molecule has 0 radical (unpaired) electrons. The Labute approximate surface area is 95.2 Å². The lowest BCUT2D eigenvalue weighted by Gasteiger charge is -2.09. The number of rotatable bonds is 7. The predicted octanol–water partition coefficient (Wildman–Crippen LogP) is 2.08. The number of aromatic nitrogens is 2. The van der Waals surface area contributed by atoms with Gasteiger partial charge in [0.15, 0.2) is 0 Å². The first-order valence-electron chi connectivity index (χ1n) is 5.66. The van der Waals surface area contributed by atoms with Gasteiger partial charge in [0.1, 0.15) is 11.9 Å². The SMILES string of the molecule is CCOC(CC)c1noc(CC(=O)CC)n1. The highest BCUT2D eigenvalue weighted by atomic mass is 16.5. The highest BCUT2D eigenvalue weighted by Gasteiger charge is 2.17. The molecule has 1 atom stereocenters. The molecule has 0 aliphatic carbocycles.